The molecule has 0 aliphatic carbocycles. The van der Waals surface area contributed by atoms with Crippen LogP contribution in [0.15, 0.2) is 42.5 Å². The molecule has 9 heteroatoms. The Bertz CT molecular complexity index is 824. The van der Waals surface area contributed by atoms with Gasteiger partial charge in [0.1, 0.15) is 29.8 Å². The summed E-state index contributed by atoms with van der Waals surface area (Å²) < 4.78 is 5.00. The smallest absolute Gasteiger partial charge is 0.407 e. The highest BCUT2D eigenvalue weighted by atomic mass is 16.5. The summed E-state index contributed by atoms with van der Waals surface area (Å²) in [7, 11) is 0. The number of nitrogens with one attached hydrogen (secondary N) is 1. The van der Waals surface area contributed by atoms with Crippen LogP contribution in [0.4, 0.5) is 4.79 Å². The summed E-state index contributed by atoms with van der Waals surface area (Å²) in [5, 5.41) is 50.9. The number of amides is 1. The van der Waals surface area contributed by atoms with Crippen LogP contribution >= 0.6 is 0 Å². The molecular weight excluding hydrogens is 370 g/mol. The number of phenols is 2. The number of hydrogen-bond acceptors (Lipinski definition) is 7. The molecule has 2 unspecified atom stereocenters. The Morgan fingerprint density at radius 2 is 1.71 bits per heavy atom. The van der Waals surface area contributed by atoms with Crippen LogP contribution in [0.3, 0.4) is 0 Å². The van der Waals surface area contributed by atoms with Gasteiger partial charge in [0, 0.05) is 18.2 Å². The lowest BCUT2D eigenvalue weighted by molar-refractivity contribution is 0.0122. The van der Waals surface area contributed by atoms with E-state index in [2.05, 4.69) is 5.32 Å². The van der Waals surface area contributed by atoms with Crippen LogP contribution in [0.2, 0.25) is 0 Å². The fourth-order valence-corrected chi connectivity index (χ4v) is 2.46. The van der Waals surface area contributed by atoms with Gasteiger partial charge in [-0.25, -0.2) is 9.59 Å². The molecule has 0 saturated carbocycles. The van der Waals surface area contributed by atoms with Crippen molar-refractivity contribution in [2.75, 3.05) is 6.54 Å². The monoisotopic (exact) mass is 391 g/mol. The van der Waals surface area contributed by atoms with E-state index in [1.165, 1.54) is 0 Å². The number of hydrogen-bond donors (Lipinski definition) is 6. The molecule has 0 fully saturated rings. The summed E-state index contributed by atoms with van der Waals surface area (Å²) in [6, 6.07) is 10.7. The third-order valence-electron chi connectivity index (χ3n) is 3.98. The molecule has 2 rings (SSSR count). The van der Waals surface area contributed by atoms with Gasteiger partial charge in [-0.2, -0.15) is 0 Å². The van der Waals surface area contributed by atoms with Crippen molar-refractivity contribution in [3.8, 4) is 11.5 Å². The summed E-state index contributed by atoms with van der Waals surface area (Å²) in [4.78, 5) is 22.7. The van der Waals surface area contributed by atoms with E-state index in [4.69, 9.17) is 9.84 Å². The van der Waals surface area contributed by atoms with Gasteiger partial charge >= 0.3 is 12.1 Å². The number of alkyl carbamates (subject to hydrolysis) is 1. The van der Waals surface area contributed by atoms with Crippen LogP contribution in [-0.2, 0) is 11.3 Å². The van der Waals surface area contributed by atoms with Gasteiger partial charge in [-0.15, -0.1) is 0 Å². The molecular formula is C19H21NO8. The zero-order valence-electron chi connectivity index (χ0n) is 14.8. The average molecular weight is 391 g/mol. The van der Waals surface area contributed by atoms with Crippen LogP contribution in [0.5, 0.6) is 11.5 Å². The van der Waals surface area contributed by atoms with E-state index in [1.807, 2.05) is 18.2 Å². The second-order valence-electron chi connectivity index (χ2n) is 6.02. The molecule has 2 aromatic rings. The Morgan fingerprint density at radius 1 is 1.04 bits per heavy atom. The summed E-state index contributed by atoms with van der Waals surface area (Å²) in [6.45, 7) is 0.0493. The predicted octanol–water partition coefficient (Wildman–Crippen LogP) is 1.51. The Labute approximate surface area is 160 Å². The number of aliphatic hydroxyl groups excluding tert-OH is 2. The molecule has 0 aliphatic heterocycles. The van der Waals surface area contributed by atoms with Crippen molar-refractivity contribution in [1.29, 1.82) is 0 Å². The molecule has 150 valence electrons. The van der Waals surface area contributed by atoms with Gasteiger partial charge in [-0.05, 0) is 18.1 Å². The number of aromatic carboxylic acids is 1. The molecule has 2 aromatic carbocycles. The fourth-order valence-electron chi connectivity index (χ4n) is 2.46. The number of carboxylic acid groups (broad SMARTS) is 1. The van der Waals surface area contributed by atoms with Gasteiger partial charge in [0.05, 0.1) is 6.10 Å². The van der Waals surface area contributed by atoms with Gasteiger partial charge in [0.2, 0.25) is 0 Å². The third-order valence-corrected chi connectivity index (χ3v) is 3.98. The topological polar surface area (TPSA) is 157 Å². The van der Waals surface area contributed by atoms with Crippen molar-refractivity contribution in [3.05, 3.63) is 59.2 Å². The summed E-state index contributed by atoms with van der Waals surface area (Å²) in [5.74, 6) is -2.69. The van der Waals surface area contributed by atoms with Crippen molar-refractivity contribution in [3.63, 3.8) is 0 Å². The fraction of sp³-hybridized carbons (Fsp3) is 0.263. The Kier molecular flexibility index (Phi) is 7.19. The number of benzene rings is 2. The highest BCUT2D eigenvalue weighted by Gasteiger charge is 2.24. The van der Waals surface area contributed by atoms with Gasteiger partial charge in [0.25, 0.3) is 0 Å². The number of carboxylic acids is 1. The second kappa shape index (κ2) is 9.58. The summed E-state index contributed by atoms with van der Waals surface area (Å²) in [5.41, 5.74) is 0.0289. The average Bonchev–Trinajstić information content (AvgIpc) is 2.66. The number of ether oxygens (including phenoxy) is 1. The minimum Gasteiger partial charge on any atom is -0.507 e. The van der Waals surface area contributed by atoms with Crippen molar-refractivity contribution in [1.82, 2.24) is 5.32 Å². The van der Waals surface area contributed by atoms with Crippen molar-refractivity contribution >= 4 is 12.1 Å². The Balaban J connectivity index is 1.85. The summed E-state index contributed by atoms with van der Waals surface area (Å²) >= 11 is 0. The van der Waals surface area contributed by atoms with E-state index < -0.39 is 41.3 Å². The minimum atomic E-state index is -1.62. The zero-order valence-corrected chi connectivity index (χ0v) is 14.8. The number of carbonyl (C=O) groups excluding carboxylic acids is 1. The van der Waals surface area contributed by atoms with Crippen LogP contribution in [0.25, 0.3) is 0 Å². The Morgan fingerprint density at radius 3 is 2.36 bits per heavy atom. The van der Waals surface area contributed by atoms with Crippen molar-refractivity contribution in [2.45, 2.75) is 25.2 Å². The first-order valence-electron chi connectivity index (χ1n) is 8.39. The largest absolute Gasteiger partial charge is 0.507 e. The number of phenolic OH excluding ortho intramolecular Hbond substituents is 1. The molecule has 0 heterocycles. The van der Waals surface area contributed by atoms with Gasteiger partial charge < -0.3 is 35.6 Å². The van der Waals surface area contributed by atoms with Gasteiger partial charge in [-0.3, -0.25) is 0 Å². The zero-order chi connectivity index (χ0) is 20.7. The molecule has 28 heavy (non-hydrogen) atoms. The molecule has 0 saturated heterocycles. The normalized spacial score (nSPS) is 12.8. The van der Waals surface area contributed by atoms with Crippen LogP contribution in [-0.4, -0.2) is 50.2 Å². The molecule has 9 nitrogen and oxygen atoms in total. The molecule has 1 amide bonds. The van der Waals surface area contributed by atoms with E-state index >= 15 is 0 Å². The minimum absolute atomic E-state index is 0.0313. The third kappa shape index (κ3) is 5.60. The first-order chi connectivity index (χ1) is 13.3. The molecule has 0 aromatic heterocycles. The maximum atomic E-state index is 11.6. The van der Waals surface area contributed by atoms with Gasteiger partial charge in [0.15, 0.2) is 0 Å². The first kappa shape index (κ1) is 21.0. The lowest BCUT2D eigenvalue weighted by Gasteiger charge is -2.20. The number of carbonyl (C=O) groups is 2. The molecule has 6 N–H and O–H groups in total. The lowest BCUT2D eigenvalue weighted by atomic mass is 9.98. The predicted molar refractivity (Wildman–Crippen MR) is 96.9 cm³/mol. The van der Waals surface area contributed by atoms with E-state index in [0.717, 1.165) is 17.7 Å². The van der Waals surface area contributed by atoms with Crippen LogP contribution in [0.1, 0.15) is 34.0 Å². The highest BCUT2D eigenvalue weighted by molar-refractivity contribution is 5.91. The number of aliphatic hydroxyl groups is 2. The standard InChI is InChI=1S/C19H21NO8/c21-14(6-7-20-19(27)28-10-11-4-2-1-3-5-11)17(24)12-8-13(18(25)26)16(23)9-15(12)22/h1-5,8-9,14,17,21-24H,6-7,10H2,(H,20,27)(H,25,26). The van der Waals surface area contributed by atoms with Gasteiger partial charge in [-0.1, -0.05) is 30.3 Å². The molecule has 0 aliphatic rings. The molecule has 0 radical (unpaired) electrons. The van der Waals surface area contributed by atoms with E-state index in [1.54, 1.807) is 12.1 Å². The lowest BCUT2D eigenvalue weighted by Crippen LogP contribution is -2.29. The van der Waals surface area contributed by atoms with E-state index in [-0.39, 0.29) is 25.1 Å². The maximum absolute atomic E-state index is 11.6. The van der Waals surface area contributed by atoms with Crippen LogP contribution in [0, 0.1) is 0 Å². The van der Waals surface area contributed by atoms with Crippen molar-refractivity contribution in [2.24, 2.45) is 0 Å². The van der Waals surface area contributed by atoms with E-state index in [0.29, 0.717) is 0 Å². The number of rotatable bonds is 8. The van der Waals surface area contributed by atoms with Crippen molar-refractivity contribution < 1.29 is 39.9 Å². The second-order valence-corrected chi connectivity index (χ2v) is 6.02. The number of aromatic hydroxyl groups is 2. The highest BCUT2D eigenvalue weighted by Crippen LogP contribution is 2.33. The Hall–Kier alpha value is -3.30. The quantitative estimate of drug-likeness (QED) is 0.395. The SMILES string of the molecule is O=C(NCCC(O)C(O)c1cc(C(=O)O)c(O)cc1O)OCc1ccccc1. The van der Waals surface area contributed by atoms with E-state index in [9.17, 15) is 30.0 Å². The molecule has 0 spiro atoms. The summed E-state index contributed by atoms with van der Waals surface area (Å²) in [6.07, 6.45) is -3.83. The molecule has 0 bridgehead atoms. The molecule has 2 atom stereocenters. The maximum Gasteiger partial charge on any atom is 0.407 e. The van der Waals surface area contributed by atoms with Crippen LogP contribution < -0.4 is 5.32 Å². The first-order valence-corrected chi connectivity index (χ1v) is 8.39.